The van der Waals surface area contributed by atoms with Gasteiger partial charge in [-0.3, -0.25) is 4.99 Å². The van der Waals surface area contributed by atoms with Crippen LogP contribution >= 0.6 is 35.7 Å². The zero-order valence-electron chi connectivity index (χ0n) is 15.7. The molecule has 2 rings (SSSR count). The van der Waals surface area contributed by atoms with E-state index in [0.717, 1.165) is 55.2 Å². The van der Waals surface area contributed by atoms with Crippen molar-refractivity contribution in [3.63, 3.8) is 0 Å². The van der Waals surface area contributed by atoms with Crippen molar-refractivity contribution in [3.05, 3.63) is 30.1 Å². The summed E-state index contributed by atoms with van der Waals surface area (Å²) < 4.78 is 18.3. The number of benzene rings is 1. The van der Waals surface area contributed by atoms with E-state index in [1.54, 1.807) is 11.8 Å². The lowest BCUT2D eigenvalue weighted by atomic mass is 9.96. The van der Waals surface area contributed by atoms with Crippen LogP contribution in [0.3, 0.4) is 0 Å². The van der Waals surface area contributed by atoms with Crippen molar-refractivity contribution in [2.75, 3.05) is 46.2 Å². The lowest BCUT2D eigenvalue weighted by Gasteiger charge is -2.26. The molecule has 7 heteroatoms. The van der Waals surface area contributed by atoms with Gasteiger partial charge in [-0.1, -0.05) is 0 Å². The Morgan fingerprint density at radius 2 is 2.00 bits per heavy atom. The molecule has 1 aromatic rings. The van der Waals surface area contributed by atoms with Crippen molar-refractivity contribution in [2.45, 2.75) is 30.6 Å². The van der Waals surface area contributed by atoms with Gasteiger partial charge in [0.1, 0.15) is 5.82 Å². The normalized spacial score (nSPS) is 15.4. The largest absolute Gasteiger partial charge is 0.381 e. The molecule has 1 aliphatic heterocycles. The number of nitrogens with one attached hydrogen (secondary N) is 1. The van der Waals surface area contributed by atoms with Gasteiger partial charge in [-0.15, -0.1) is 35.7 Å². The zero-order chi connectivity index (χ0) is 17.9. The number of ether oxygens (including phenoxy) is 1. The van der Waals surface area contributed by atoms with Crippen molar-refractivity contribution < 1.29 is 9.13 Å². The second-order valence-corrected chi connectivity index (χ2v) is 7.56. The summed E-state index contributed by atoms with van der Waals surface area (Å²) in [7, 11) is 3.93. The highest BCUT2D eigenvalue weighted by molar-refractivity contribution is 14.0. The van der Waals surface area contributed by atoms with Crippen LogP contribution in [0.4, 0.5) is 4.39 Å². The lowest BCUT2D eigenvalue weighted by Crippen LogP contribution is -2.40. The maximum absolute atomic E-state index is 12.9. The molecule has 0 aromatic heterocycles. The molecule has 0 spiro atoms. The van der Waals surface area contributed by atoms with E-state index >= 15 is 0 Å². The van der Waals surface area contributed by atoms with Crippen molar-refractivity contribution in [3.8, 4) is 0 Å². The molecule has 4 nitrogen and oxygen atoms in total. The van der Waals surface area contributed by atoms with Crippen LogP contribution in [0.15, 0.2) is 34.2 Å². The van der Waals surface area contributed by atoms with Gasteiger partial charge in [0.15, 0.2) is 5.96 Å². The van der Waals surface area contributed by atoms with E-state index in [-0.39, 0.29) is 29.8 Å². The predicted molar refractivity (Wildman–Crippen MR) is 119 cm³/mol. The zero-order valence-corrected chi connectivity index (χ0v) is 18.9. The number of nitrogens with zero attached hydrogens (tertiary/aromatic N) is 2. The molecule has 148 valence electrons. The first-order valence-electron chi connectivity index (χ1n) is 9.07. The van der Waals surface area contributed by atoms with E-state index in [2.05, 4.69) is 22.3 Å². The smallest absolute Gasteiger partial charge is 0.193 e. The summed E-state index contributed by atoms with van der Waals surface area (Å²) in [6.45, 7) is 3.73. The fourth-order valence-electron chi connectivity index (χ4n) is 2.90. The van der Waals surface area contributed by atoms with Crippen LogP contribution in [-0.4, -0.2) is 57.0 Å². The van der Waals surface area contributed by atoms with E-state index in [1.165, 1.54) is 31.4 Å². The van der Waals surface area contributed by atoms with Crippen molar-refractivity contribution in [2.24, 2.45) is 10.9 Å². The average Bonchev–Trinajstić information content (AvgIpc) is 2.65. The summed E-state index contributed by atoms with van der Waals surface area (Å²) in [6, 6.07) is 6.68. The molecule has 26 heavy (non-hydrogen) atoms. The highest BCUT2D eigenvalue weighted by atomic mass is 127. The molecule has 0 aliphatic carbocycles. The maximum atomic E-state index is 12.9. The first kappa shape index (κ1) is 23.5. The van der Waals surface area contributed by atoms with Crippen LogP contribution in [0, 0.1) is 11.7 Å². The van der Waals surface area contributed by atoms with Crippen molar-refractivity contribution >= 4 is 41.7 Å². The number of halogens is 2. The fraction of sp³-hybridized carbons (Fsp3) is 0.632. The Morgan fingerprint density at radius 1 is 1.31 bits per heavy atom. The first-order chi connectivity index (χ1) is 12.2. The quantitative estimate of drug-likeness (QED) is 0.192. The van der Waals surface area contributed by atoms with E-state index < -0.39 is 0 Å². The topological polar surface area (TPSA) is 36.9 Å². The molecule has 0 radical (unpaired) electrons. The molecule has 0 saturated carbocycles. The van der Waals surface area contributed by atoms with Crippen molar-refractivity contribution in [1.29, 1.82) is 0 Å². The van der Waals surface area contributed by atoms with Gasteiger partial charge in [0.2, 0.25) is 0 Å². The van der Waals surface area contributed by atoms with Crippen LogP contribution in [0.2, 0.25) is 0 Å². The van der Waals surface area contributed by atoms with Gasteiger partial charge in [0.25, 0.3) is 0 Å². The van der Waals surface area contributed by atoms with Gasteiger partial charge < -0.3 is 15.0 Å². The van der Waals surface area contributed by atoms with E-state index in [1.807, 2.05) is 19.2 Å². The summed E-state index contributed by atoms with van der Waals surface area (Å²) >= 11 is 1.75. The van der Waals surface area contributed by atoms with Gasteiger partial charge in [0, 0.05) is 45.3 Å². The summed E-state index contributed by atoms with van der Waals surface area (Å²) in [4.78, 5) is 7.70. The Balaban J connectivity index is 0.00000338. The Labute approximate surface area is 178 Å². The van der Waals surface area contributed by atoms with Crippen molar-refractivity contribution in [1.82, 2.24) is 10.2 Å². The molecule has 1 aliphatic rings. The fourth-order valence-corrected chi connectivity index (χ4v) is 3.75. The lowest BCUT2D eigenvalue weighted by molar-refractivity contribution is 0.0625. The minimum Gasteiger partial charge on any atom is -0.381 e. The standard InChI is InChI=1S/C19H30FN3OS.HI/c1-21-19(23(2)12-8-16-9-13-24-14-10-16)22-11-3-15-25-18-6-4-17(20)5-7-18;/h4-7,16H,3,8-15H2,1-2H3,(H,21,22);1H. The highest BCUT2D eigenvalue weighted by Gasteiger charge is 2.15. The van der Waals surface area contributed by atoms with Crippen LogP contribution in [-0.2, 0) is 4.74 Å². The number of guanidine groups is 1. The van der Waals surface area contributed by atoms with E-state index in [4.69, 9.17) is 4.74 Å². The van der Waals surface area contributed by atoms with E-state index in [0.29, 0.717) is 0 Å². The molecule has 0 unspecified atom stereocenters. The van der Waals surface area contributed by atoms with Gasteiger partial charge in [-0.25, -0.2) is 4.39 Å². The molecule has 1 saturated heterocycles. The second kappa shape index (κ2) is 13.6. The number of aliphatic imine (C=N–C) groups is 1. The monoisotopic (exact) mass is 495 g/mol. The van der Waals surface area contributed by atoms with E-state index in [9.17, 15) is 4.39 Å². The van der Waals surface area contributed by atoms with Crippen LogP contribution < -0.4 is 5.32 Å². The average molecular weight is 495 g/mol. The third-order valence-corrected chi connectivity index (χ3v) is 5.57. The number of hydrogen-bond acceptors (Lipinski definition) is 3. The molecular formula is C19H31FIN3OS. The van der Waals surface area contributed by atoms with Gasteiger partial charge in [-0.2, -0.15) is 0 Å². The molecule has 1 fully saturated rings. The summed E-state index contributed by atoms with van der Waals surface area (Å²) in [5, 5.41) is 3.43. The second-order valence-electron chi connectivity index (χ2n) is 6.40. The minimum atomic E-state index is -0.182. The first-order valence-corrected chi connectivity index (χ1v) is 10.1. The van der Waals surface area contributed by atoms with Crippen LogP contribution in [0.25, 0.3) is 0 Å². The molecule has 1 heterocycles. The van der Waals surface area contributed by atoms with Gasteiger partial charge >= 0.3 is 0 Å². The Morgan fingerprint density at radius 3 is 2.65 bits per heavy atom. The van der Waals surface area contributed by atoms with Crippen LogP contribution in [0.1, 0.15) is 25.7 Å². The SMILES string of the molecule is CN=C(NCCCSc1ccc(F)cc1)N(C)CCC1CCOCC1.I. The molecule has 0 atom stereocenters. The maximum Gasteiger partial charge on any atom is 0.193 e. The number of thioether (sulfide) groups is 1. The van der Waals surface area contributed by atoms with Gasteiger partial charge in [0.05, 0.1) is 0 Å². The van der Waals surface area contributed by atoms with Crippen LogP contribution in [0.5, 0.6) is 0 Å². The molecular weight excluding hydrogens is 464 g/mol. The third-order valence-electron chi connectivity index (χ3n) is 4.47. The number of hydrogen-bond donors (Lipinski definition) is 1. The minimum absolute atomic E-state index is 0. The highest BCUT2D eigenvalue weighted by Crippen LogP contribution is 2.19. The summed E-state index contributed by atoms with van der Waals surface area (Å²) in [5.41, 5.74) is 0. The molecule has 0 bridgehead atoms. The predicted octanol–water partition coefficient (Wildman–Crippen LogP) is 4.25. The Kier molecular flexibility index (Phi) is 12.3. The number of rotatable bonds is 8. The Hall–Kier alpha value is -0.540. The molecule has 0 amide bonds. The third kappa shape index (κ3) is 8.90. The molecule has 1 aromatic carbocycles. The van der Waals surface area contributed by atoms with Gasteiger partial charge in [-0.05, 0) is 61.6 Å². The summed E-state index contributed by atoms with van der Waals surface area (Å²) in [6.07, 6.45) is 4.59. The molecule has 1 N–H and O–H groups in total. The Bertz CT molecular complexity index is 524. The summed E-state index contributed by atoms with van der Waals surface area (Å²) in [5.74, 6) is 2.56.